The Balaban J connectivity index is 0.000000257. The number of hydrogen-bond acceptors (Lipinski definition) is 2. The van der Waals surface area contributed by atoms with Crippen LogP contribution in [0, 0.1) is 48.2 Å². The molecular formula is C27H31Cl2N3Ru. The van der Waals surface area contributed by atoms with E-state index in [0.29, 0.717) is 0 Å². The van der Waals surface area contributed by atoms with E-state index in [0.717, 1.165) is 0 Å². The van der Waals surface area contributed by atoms with E-state index < -0.39 is 13.5 Å². The van der Waals surface area contributed by atoms with Gasteiger partial charge < -0.3 is 9.80 Å². The third-order valence-electron chi connectivity index (χ3n) is 5.34. The van der Waals surface area contributed by atoms with Crippen molar-refractivity contribution in [1.29, 1.82) is 0 Å². The second kappa shape index (κ2) is 11.4. The number of halogens is 2. The second-order valence-corrected chi connectivity index (χ2v) is 14.0. The van der Waals surface area contributed by atoms with Crippen molar-refractivity contribution in [2.45, 2.75) is 41.5 Å². The number of aromatic nitrogens is 1. The van der Waals surface area contributed by atoms with E-state index in [1.54, 1.807) is 0 Å². The maximum absolute atomic E-state index is 5.64. The summed E-state index contributed by atoms with van der Waals surface area (Å²) in [5, 5.41) is 0. The molecule has 0 saturated heterocycles. The molecule has 0 saturated carbocycles. The zero-order valence-corrected chi connectivity index (χ0v) is 23.2. The molecule has 0 N–H and O–H groups in total. The van der Waals surface area contributed by atoms with Gasteiger partial charge in [0.25, 0.3) is 0 Å². The molecule has 0 unspecified atom stereocenters. The van der Waals surface area contributed by atoms with Crippen molar-refractivity contribution >= 4 is 35.5 Å². The van der Waals surface area contributed by atoms with Crippen LogP contribution in [0.1, 0.15) is 33.4 Å². The Labute approximate surface area is 211 Å². The van der Waals surface area contributed by atoms with Crippen LogP contribution in [0.2, 0.25) is 0 Å². The van der Waals surface area contributed by atoms with Crippen LogP contribution in [-0.4, -0.2) is 4.73 Å². The van der Waals surface area contributed by atoms with Crippen LogP contribution in [0.3, 0.4) is 0 Å². The molecule has 33 heavy (non-hydrogen) atoms. The van der Waals surface area contributed by atoms with Crippen LogP contribution in [-0.2, 0) is 13.5 Å². The van der Waals surface area contributed by atoms with E-state index in [1.165, 1.54) is 44.8 Å². The first kappa shape index (κ1) is 25.6. The van der Waals surface area contributed by atoms with Gasteiger partial charge in [0.15, 0.2) is 0 Å². The van der Waals surface area contributed by atoms with Gasteiger partial charge in [0.05, 0.1) is 0 Å². The SMILES string of the molecule is Cc1cc(C)c(N2C=CN(c3c(C)cc(C)cc3C)[CH-]2)c(C)c1.[Cl][Ru]([Cl])=[CH][n+]1ccccc1. The fraction of sp³-hybridized carbons (Fsp3) is 0.222. The van der Waals surface area contributed by atoms with Gasteiger partial charge in [-0.15, -0.1) is 6.67 Å². The van der Waals surface area contributed by atoms with E-state index in [2.05, 4.69) is 94.7 Å². The first-order valence-corrected chi connectivity index (χ1v) is 16.2. The third-order valence-corrected chi connectivity index (χ3v) is 7.01. The van der Waals surface area contributed by atoms with E-state index in [1.807, 2.05) is 39.9 Å². The molecule has 0 amide bonds. The number of aryl methyl sites for hydroxylation is 6. The molecule has 3 nitrogen and oxygen atoms in total. The van der Waals surface area contributed by atoms with Crippen molar-refractivity contribution in [3.8, 4) is 0 Å². The Kier molecular flexibility index (Phi) is 8.87. The van der Waals surface area contributed by atoms with Crippen LogP contribution >= 0.6 is 19.4 Å². The van der Waals surface area contributed by atoms with Crippen LogP contribution in [0.15, 0.2) is 67.3 Å². The fourth-order valence-corrected chi connectivity index (χ4v) is 5.96. The topological polar surface area (TPSA) is 10.4 Å². The Bertz CT molecular complexity index is 1070. The van der Waals surface area contributed by atoms with Gasteiger partial charge in [0.2, 0.25) is 0 Å². The molecule has 1 aromatic heterocycles. The monoisotopic (exact) mass is 569 g/mol. The van der Waals surface area contributed by atoms with E-state index >= 15 is 0 Å². The molecule has 2 heterocycles. The van der Waals surface area contributed by atoms with Gasteiger partial charge >= 0.3 is 72.8 Å². The zero-order chi connectivity index (χ0) is 24.1. The zero-order valence-electron chi connectivity index (χ0n) is 20.0. The summed E-state index contributed by atoms with van der Waals surface area (Å²) in [6, 6.07) is 14.8. The number of nitrogens with zero attached hydrogens (tertiary/aromatic N) is 3. The number of benzene rings is 2. The maximum atomic E-state index is 5.64. The van der Waals surface area contributed by atoms with Gasteiger partial charge in [0.1, 0.15) is 0 Å². The number of anilines is 2. The average molecular weight is 570 g/mol. The molecule has 0 atom stereocenters. The summed E-state index contributed by atoms with van der Waals surface area (Å²) >= 11 is -1.65. The molecular weight excluding hydrogens is 538 g/mol. The second-order valence-electron chi connectivity index (χ2n) is 8.34. The van der Waals surface area contributed by atoms with Crippen LogP contribution in [0.5, 0.6) is 0 Å². The molecule has 0 fully saturated rings. The number of pyridine rings is 1. The van der Waals surface area contributed by atoms with Crippen molar-refractivity contribution < 1.29 is 18.1 Å². The average Bonchev–Trinajstić information content (AvgIpc) is 3.16. The predicted molar refractivity (Wildman–Crippen MR) is 140 cm³/mol. The van der Waals surface area contributed by atoms with Crippen molar-refractivity contribution in [3.63, 3.8) is 0 Å². The summed E-state index contributed by atoms with van der Waals surface area (Å²) in [7, 11) is 11.3. The van der Waals surface area contributed by atoms with Crippen LogP contribution in [0.25, 0.3) is 0 Å². The first-order chi connectivity index (χ1) is 15.7. The Morgan fingerprint density at radius 1 is 0.697 bits per heavy atom. The van der Waals surface area contributed by atoms with Gasteiger partial charge in [-0.05, 0) is 76.2 Å². The Morgan fingerprint density at radius 2 is 1.09 bits per heavy atom. The van der Waals surface area contributed by atoms with Crippen molar-refractivity contribution in [2.24, 2.45) is 0 Å². The van der Waals surface area contributed by atoms with Gasteiger partial charge in [-0.25, -0.2) is 0 Å². The van der Waals surface area contributed by atoms with Crippen molar-refractivity contribution in [1.82, 2.24) is 0 Å². The predicted octanol–water partition coefficient (Wildman–Crippen LogP) is 6.96. The molecule has 2 aromatic carbocycles. The Morgan fingerprint density at radius 3 is 1.45 bits per heavy atom. The number of hydrogen-bond donors (Lipinski definition) is 0. The third kappa shape index (κ3) is 6.76. The summed E-state index contributed by atoms with van der Waals surface area (Å²) in [6.07, 6.45) is 8.10. The summed E-state index contributed by atoms with van der Waals surface area (Å²) in [5.41, 5.74) is 10.4. The molecule has 1 aliphatic heterocycles. The normalized spacial score (nSPS) is 13.0. The van der Waals surface area contributed by atoms with Gasteiger partial charge in [-0.2, -0.15) is 0 Å². The Hall–Kier alpha value is -2.00. The molecule has 4 rings (SSSR count). The summed E-state index contributed by atoms with van der Waals surface area (Å²) in [4.78, 5) is 4.45. The minimum absolute atomic E-state index is 1.27. The van der Waals surface area contributed by atoms with Crippen molar-refractivity contribution in [2.75, 3.05) is 9.80 Å². The summed E-state index contributed by atoms with van der Waals surface area (Å²) < 4.78 is 3.71. The molecule has 1 aliphatic rings. The molecule has 3 aromatic rings. The van der Waals surface area contributed by atoms with E-state index in [4.69, 9.17) is 19.4 Å². The van der Waals surface area contributed by atoms with Gasteiger partial charge in [-0.1, -0.05) is 35.4 Å². The van der Waals surface area contributed by atoms with Crippen LogP contribution in [0.4, 0.5) is 11.4 Å². The molecule has 0 radical (unpaired) electrons. The molecule has 0 spiro atoms. The molecule has 0 bridgehead atoms. The molecule has 6 heteroatoms. The first-order valence-electron chi connectivity index (χ1n) is 10.7. The van der Waals surface area contributed by atoms with E-state index in [9.17, 15) is 0 Å². The van der Waals surface area contributed by atoms with E-state index in [-0.39, 0.29) is 0 Å². The molecule has 0 aliphatic carbocycles. The quantitative estimate of drug-likeness (QED) is 0.192. The summed E-state index contributed by atoms with van der Waals surface area (Å²) in [6.45, 7) is 15.2. The summed E-state index contributed by atoms with van der Waals surface area (Å²) in [5.74, 6) is 0. The fourth-order valence-electron chi connectivity index (χ4n) is 4.33. The van der Waals surface area contributed by atoms with Crippen molar-refractivity contribution in [3.05, 3.63) is 107 Å². The van der Waals surface area contributed by atoms with Gasteiger partial charge in [0, 0.05) is 11.4 Å². The standard InChI is InChI=1S/C21H25N2.C6H6N.2ClH.Ru/c1-14-9-16(3)20(17(4)10-14)22-7-8-23(13-22)21-18(5)11-15(2)12-19(21)6;1-7-5-3-2-4-6-7;;;/h7-13H,1-6H3;1-6H;2*1H;/q-1;+1;;;+2/p-2. The van der Waals surface area contributed by atoms with Gasteiger partial charge in [-0.3, -0.25) is 0 Å². The van der Waals surface area contributed by atoms with Crippen LogP contribution < -0.4 is 14.4 Å². The minimum atomic E-state index is -1.65. The molecule has 176 valence electrons. The number of rotatable bonds is 3.